The lowest BCUT2D eigenvalue weighted by Crippen LogP contribution is -2.51. The van der Waals surface area contributed by atoms with E-state index in [1.54, 1.807) is 12.1 Å². The number of carbonyl (C=O) groups excluding carboxylic acids is 2. The smallest absolute Gasteiger partial charge is 0.233 e. The Kier molecular flexibility index (Phi) is 9.35. The van der Waals surface area contributed by atoms with Gasteiger partial charge in [-0.25, -0.2) is 4.39 Å². The van der Waals surface area contributed by atoms with Gasteiger partial charge in [-0.3, -0.25) is 28.9 Å². The second-order valence-electron chi connectivity index (χ2n) is 19.7. The molecular weight excluding hydrogens is 800 g/mol. The predicted octanol–water partition coefficient (Wildman–Crippen LogP) is 9.40. The van der Waals surface area contributed by atoms with E-state index in [1.807, 2.05) is 48.8 Å². The van der Waals surface area contributed by atoms with E-state index < -0.39 is 5.41 Å². The molecule has 2 amide bonds. The van der Waals surface area contributed by atoms with Gasteiger partial charge in [0.05, 0.1) is 27.8 Å². The second kappa shape index (κ2) is 15.2. The van der Waals surface area contributed by atoms with E-state index in [1.165, 1.54) is 42.8 Å². The molecule has 4 aromatic heterocycles. The van der Waals surface area contributed by atoms with E-state index in [9.17, 15) is 14.0 Å². The highest BCUT2D eigenvalue weighted by molar-refractivity contribution is 5.90. The number of hydrogen-bond donors (Lipinski definition) is 0. The van der Waals surface area contributed by atoms with Gasteiger partial charge in [-0.2, -0.15) is 10.2 Å². The van der Waals surface area contributed by atoms with Gasteiger partial charge < -0.3 is 9.80 Å². The van der Waals surface area contributed by atoms with Crippen LogP contribution >= 0.6 is 0 Å². The van der Waals surface area contributed by atoms with E-state index in [0.717, 1.165) is 141 Å². The number of amides is 2. The Morgan fingerprint density at radius 2 is 1.14 bits per heavy atom. The lowest BCUT2D eigenvalue weighted by molar-refractivity contribution is -0.140. The van der Waals surface area contributed by atoms with Crippen LogP contribution in [0.5, 0.6) is 0 Å². The van der Waals surface area contributed by atoms with Gasteiger partial charge in [0.15, 0.2) is 0 Å². The molecule has 3 aromatic carbocycles. The predicted molar refractivity (Wildman–Crippen MR) is 245 cm³/mol. The zero-order chi connectivity index (χ0) is 43.0. The first-order valence-corrected chi connectivity index (χ1v) is 23.5. The van der Waals surface area contributed by atoms with Gasteiger partial charge in [0.25, 0.3) is 0 Å². The topological polar surface area (TPSA) is 102 Å². The largest absolute Gasteiger partial charge is 0.342 e. The van der Waals surface area contributed by atoms with E-state index in [4.69, 9.17) is 10.2 Å². The Balaban J connectivity index is 0.000000138. The summed E-state index contributed by atoms with van der Waals surface area (Å²) in [6.07, 6.45) is 15.2. The molecule has 2 unspecified atom stereocenters. The van der Waals surface area contributed by atoms with Gasteiger partial charge >= 0.3 is 0 Å². The normalized spacial score (nSPS) is 23.0. The zero-order valence-electron chi connectivity index (χ0n) is 36.3. The highest BCUT2D eigenvalue weighted by Crippen LogP contribution is 2.50. The number of aryl methyl sites for hydroxylation is 2. The summed E-state index contributed by atoms with van der Waals surface area (Å²) in [5.41, 5.74) is 9.09. The van der Waals surface area contributed by atoms with Gasteiger partial charge in [0.2, 0.25) is 11.8 Å². The quantitative estimate of drug-likeness (QED) is 0.165. The molecule has 2 aliphatic carbocycles. The summed E-state index contributed by atoms with van der Waals surface area (Å²) in [4.78, 5) is 40.0. The number of likely N-dealkylation sites (tertiary alicyclic amines) is 2. The third kappa shape index (κ3) is 6.55. The van der Waals surface area contributed by atoms with Crippen LogP contribution in [0, 0.1) is 11.7 Å². The number of fused-ring (bicyclic) bond motifs is 6. The molecule has 324 valence electrons. The summed E-state index contributed by atoms with van der Waals surface area (Å²) in [5.74, 6) is 0.959. The van der Waals surface area contributed by atoms with Crippen molar-refractivity contribution in [1.82, 2.24) is 39.3 Å². The SMILES string of the molecule is O=C(CC1CCC1)N1CCC2(CCn3nc(-c4cnc5ccccc5c4)cc32)C1.O=C(N1CCC2(CCn3nc(-c4cnc5ccccc5c4)cc32)C1)C1(c2ccc(F)cc2)CCC1. The lowest BCUT2D eigenvalue weighted by Gasteiger charge is -2.43. The van der Waals surface area contributed by atoms with Crippen molar-refractivity contribution < 1.29 is 14.0 Å². The van der Waals surface area contributed by atoms with Crippen LogP contribution in [-0.2, 0) is 38.9 Å². The average molecular weight is 853 g/mol. The van der Waals surface area contributed by atoms with Crippen LogP contribution in [0.1, 0.15) is 87.6 Å². The summed E-state index contributed by atoms with van der Waals surface area (Å²) in [7, 11) is 0. The maximum atomic E-state index is 13.8. The summed E-state index contributed by atoms with van der Waals surface area (Å²) in [6, 6.07) is 31.7. The number of hydrogen-bond acceptors (Lipinski definition) is 6. The van der Waals surface area contributed by atoms with E-state index in [0.29, 0.717) is 11.8 Å². The Bertz CT molecular complexity index is 2950. The van der Waals surface area contributed by atoms with E-state index in [-0.39, 0.29) is 22.6 Å². The molecule has 2 spiro atoms. The van der Waals surface area contributed by atoms with Crippen LogP contribution in [-0.4, -0.2) is 77.3 Å². The number of rotatable bonds is 6. The number of nitrogens with zero attached hydrogens (tertiary/aromatic N) is 8. The fraction of sp³-hybridized carbons (Fsp3) is 0.396. The molecule has 2 saturated carbocycles. The van der Waals surface area contributed by atoms with Crippen LogP contribution in [0.15, 0.2) is 109 Å². The first-order chi connectivity index (χ1) is 31.3. The summed E-state index contributed by atoms with van der Waals surface area (Å²) in [5, 5.41) is 12.1. The summed E-state index contributed by atoms with van der Waals surface area (Å²) in [6.45, 7) is 5.07. The minimum absolute atomic E-state index is 0.0427. The Labute approximate surface area is 372 Å². The van der Waals surface area contributed by atoms with Crippen LogP contribution < -0.4 is 0 Å². The lowest BCUT2D eigenvalue weighted by atomic mass is 9.63. The molecule has 4 aliphatic heterocycles. The van der Waals surface area contributed by atoms with Crippen molar-refractivity contribution >= 4 is 33.6 Å². The van der Waals surface area contributed by atoms with Gasteiger partial charge in [-0.15, -0.1) is 0 Å². The minimum Gasteiger partial charge on any atom is -0.342 e. The molecule has 0 radical (unpaired) electrons. The molecule has 0 N–H and O–H groups in total. The van der Waals surface area contributed by atoms with Crippen molar-refractivity contribution in [3.8, 4) is 22.5 Å². The molecule has 0 bridgehead atoms. The Morgan fingerprint density at radius 3 is 1.67 bits per heavy atom. The second-order valence-corrected chi connectivity index (χ2v) is 19.7. The maximum Gasteiger partial charge on any atom is 0.233 e. The standard InChI is InChI=1S/C29H27FN4O.C24H26N4O/c30-23-8-6-22(7-9-23)29(10-3-11-29)27(35)33-14-12-28(19-33)13-15-34-26(28)17-25(32-34)21-16-20-4-1-2-5-24(20)31-18-21;29-23(12-17-4-3-5-17)27-10-8-24(16-27)9-11-28-22(24)14-21(26-28)19-13-18-6-1-2-7-20(18)25-15-19/h1-2,4-9,16-18H,3,10-15,19H2;1-2,6-7,13-15,17H,3-5,8-12,16H2. The van der Waals surface area contributed by atoms with Crippen molar-refractivity contribution in [3.05, 3.63) is 132 Å². The first-order valence-electron chi connectivity index (χ1n) is 23.5. The van der Waals surface area contributed by atoms with Crippen LogP contribution in [0.25, 0.3) is 44.3 Å². The fourth-order valence-corrected chi connectivity index (χ4v) is 11.9. The molecule has 13 rings (SSSR count). The maximum absolute atomic E-state index is 13.8. The molecule has 2 saturated heterocycles. The molecular formula is C53H53FN8O2. The first kappa shape index (κ1) is 39.4. The van der Waals surface area contributed by atoms with Crippen molar-refractivity contribution in [3.63, 3.8) is 0 Å². The van der Waals surface area contributed by atoms with Crippen molar-refractivity contribution in [2.24, 2.45) is 5.92 Å². The van der Waals surface area contributed by atoms with Crippen molar-refractivity contribution in [2.75, 3.05) is 26.2 Å². The number of pyridine rings is 2. The van der Waals surface area contributed by atoms with E-state index in [2.05, 4.69) is 65.5 Å². The van der Waals surface area contributed by atoms with Crippen LogP contribution in [0.4, 0.5) is 4.39 Å². The molecule has 2 atom stereocenters. The highest BCUT2D eigenvalue weighted by Gasteiger charge is 2.53. The van der Waals surface area contributed by atoms with Gasteiger partial charge in [0.1, 0.15) is 5.82 Å². The molecule has 4 fully saturated rings. The zero-order valence-corrected chi connectivity index (χ0v) is 36.3. The Morgan fingerprint density at radius 1 is 0.609 bits per heavy atom. The van der Waals surface area contributed by atoms with Crippen LogP contribution in [0.2, 0.25) is 0 Å². The minimum atomic E-state index is -0.486. The summed E-state index contributed by atoms with van der Waals surface area (Å²) >= 11 is 0. The molecule has 64 heavy (non-hydrogen) atoms. The third-order valence-corrected chi connectivity index (χ3v) is 16.1. The number of aromatic nitrogens is 6. The molecule has 10 nitrogen and oxygen atoms in total. The van der Waals surface area contributed by atoms with Gasteiger partial charge in [-0.05, 0) is 111 Å². The average Bonchev–Trinajstić information content (AvgIpc) is 4.16. The number of benzene rings is 3. The highest BCUT2D eigenvalue weighted by atomic mass is 19.1. The van der Waals surface area contributed by atoms with Crippen molar-refractivity contribution in [2.45, 2.75) is 100.0 Å². The number of carbonyl (C=O) groups is 2. The Hall–Kier alpha value is -6.23. The fourth-order valence-electron chi connectivity index (χ4n) is 11.9. The van der Waals surface area contributed by atoms with E-state index >= 15 is 0 Å². The van der Waals surface area contributed by atoms with Crippen LogP contribution in [0.3, 0.4) is 0 Å². The summed E-state index contributed by atoms with van der Waals surface area (Å²) < 4.78 is 17.8. The molecule has 11 heteroatoms. The molecule has 8 heterocycles. The van der Waals surface area contributed by atoms with Gasteiger partial charge in [0, 0.05) is 102 Å². The molecule has 7 aromatic rings. The monoisotopic (exact) mass is 852 g/mol. The van der Waals surface area contributed by atoms with Crippen molar-refractivity contribution in [1.29, 1.82) is 0 Å². The number of para-hydroxylation sites is 2. The third-order valence-electron chi connectivity index (χ3n) is 16.1. The number of halogens is 1. The van der Waals surface area contributed by atoms with Gasteiger partial charge in [-0.1, -0.05) is 61.4 Å². The molecule has 6 aliphatic rings.